The van der Waals surface area contributed by atoms with Gasteiger partial charge in [-0.15, -0.1) is 0 Å². The average Bonchev–Trinajstić information content (AvgIpc) is 2.90. The van der Waals surface area contributed by atoms with Crippen LogP contribution < -0.4 is 5.32 Å². The van der Waals surface area contributed by atoms with Crippen molar-refractivity contribution in [3.05, 3.63) is 30.1 Å². The lowest BCUT2D eigenvalue weighted by molar-refractivity contribution is -0.139. The summed E-state index contributed by atoms with van der Waals surface area (Å²) in [5.74, 6) is -1.39. The molecule has 0 saturated heterocycles. The van der Waals surface area contributed by atoms with E-state index < -0.39 is 12.0 Å². The molecular formula is C14H17N3O3. The van der Waals surface area contributed by atoms with Gasteiger partial charge in [-0.05, 0) is 24.6 Å². The van der Waals surface area contributed by atoms with Crippen LogP contribution in [0.25, 0.3) is 11.0 Å². The Labute approximate surface area is 116 Å². The highest BCUT2D eigenvalue weighted by Gasteiger charge is 2.20. The number of rotatable bonds is 6. The predicted octanol–water partition coefficient (Wildman–Crippen LogP) is 1.94. The maximum absolute atomic E-state index is 12.1. The number of nitrogens with one attached hydrogen (secondary N) is 2. The summed E-state index contributed by atoms with van der Waals surface area (Å²) in [6.45, 7) is 1.98. The number of hydrogen-bond donors (Lipinski definition) is 3. The number of nitrogens with zero attached hydrogens (tertiary/aromatic N) is 1. The summed E-state index contributed by atoms with van der Waals surface area (Å²) < 4.78 is 0. The van der Waals surface area contributed by atoms with Gasteiger partial charge in [0.05, 0.1) is 17.4 Å². The number of carboxylic acids is 1. The standard InChI is InChI=1S/C14H17N3O3/c1-2-3-4-11(14(19)20)17-13(18)9-5-6-10-12(7-9)16-8-15-10/h5-8,11H,2-4H2,1H3,(H,15,16)(H,17,18)(H,19,20)/t11-/m0/s1. The highest BCUT2D eigenvalue weighted by atomic mass is 16.4. The lowest BCUT2D eigenvalue weighted by Crippen LogP contribution is -2.40. The molecule has 1 aromatic heterocycles. The van der Waals surface area contributed by atoms with E-state index in [9.17, 15) is 9.59 Å². The fourth-order valence-corrected chi connectivity index (χ4v) is 1.98. The Morgan fingerprint density at radius 2 is 2.25 bits per heavy atom. The quantitative estimate of drug-likeness (QED) is 0.750. The van der Waals surface area contributed by atoms with Crippen molar-refractivity contribution in [1.29, 1.82) is 0 Å². The molecule has 2 rings (SSSR count). The van der Waals surface area contributed by atoms with Gasteiger partial charge in [-0.3, -0.25) is 4.79 Å². The Hall–Kier alpha value is -2.37. The number of carbonyl (C=O) groups excluding carboxylic acids is 1. The lowest BCUT2D eigenvalue weighted by Gasteiger charge is -2.14. The van der Waals surface area contributed by atoms with Crippen LogP contribution in [0.3, 0.4) is 0 Å². The van der Waals surface area contributed by atoms with Crippen molar-refractivity contribution >= 4 is 22.9 Å². The lowest BCUT2D eigenvalue weighted by atomic mass is 10.1. The van der Waals surface area contributed by atoms with Gasteiger partial charge in [-0.1, -0.05) is 19.8 Å². The third-order valence-corrected chi connectivity index (χ3v) is 3.13. The monoisotopic (exact) mass is 275 g/mol. The summed E-state index contributed by atoms with van der Waals surface area (Å²) in [6, 6.07) is 4.18. The third kappa shape index (κ3) is 3.14. The van der Waals surface area contributed by atoms with Crippen molar-refractivity contribution in [3.63, 3.8) is 0 Å². The normalized spacial score (nSPS) is 12.2. The second-order valence-electron chi connectivity index (χ2n) is 4.64. The molecule has 0 bridgehead atoms. The van der Waals surface area contributed by atoms with Gasteiger partial charge in [0.1, 0.15) is 6.04 Å². The number of amides is 1. The van der Waals surface area contributed by atoms with E-state index in [2.05, 4.69) is 15.3 Å². The van der Waals surface area contributed by atoms with Crippen LogP contribution in [0.1, 0.15) is 36.5 Å². The molecule has 1 amide bonds. The Bertz CT molecular complexity index is 621. The van der Waals surface area contributed by atoms with E-state index in [1.54, 1.807) is 24.5 Å². The largest absolute Gasteiger partial charge is 0.480 e. The summed E-state index contributed by atoms with van der Waals surface area (Å²) in [6.07, 6.45) is 3.63. The van der Waals surface area contributed by atoms with Crippen LogP contribution in [0.2, 0.25) is 0 Å². The van der Waals surface area contributed by atoms with E-state index in [0.717, 1.165) is 23.9 Å². The molecule has 1 aromatic carbocycles. The highest BCUT2D eigenvalue weighted by molar-refractivity contribution is 5.99. The van der Waals surface area contributed by atoms with Crippen molar-refractivity contribution in [3.8, 4) is 0 Å². The van der Waals surface area contributed by atoms with E-state index in [1.807, 2.05) is 6.92 Å². The van der Waals surface area contributed by atoms with Crippen LogP contribution in [0, 0.1) is 0 Å². The smallest absolute Gasteiger partial charge is 0.326 e. The van der Waals surface area contributed by atoms with Crippen molar-refractivity contribution in [2.24, 2.45) is 0 Å². The Morgan fingerprint density at radius 1 is 1.45 bits per heavy atom. The topological polar surface area (TPSA) is 95.1 Å². The third-order valence-electron chi connectivity index (χ3n) is 3.13. The zero-order valence-corrected chi connectivity index (χ0v) is 11.2. The Balaban J connectivity index is 2.10. The van der Waals surface area contributed by atoms with Crippen LogP contribution in [0.15, 0.2) is 24.5 Å². The fraction of sp³-hybridized carbons (Fsp3) is 0.357. The predicted molar refractivity (Wildman–Crippen MR) is 74.5 cm³/mol. The van der Waals surface area contributed by atoms with E-state index in [4.69, 9.17) is 5.11 Å². The maximum Gasteiger partial charge on any atom is 0.326 e. The molecule has 20 heavy (non-hydrogen) atoms. The number of hydrogen-bond acceptors (Lipinski definition) is 3. The number of aliphatic carboxylic acids is 1. The van der Waals surface area contributed by atoms with E-state index in [-0.39, 0.29) is 5.91 Å². The average molecular weight is 275 g/mol. The molecule has 0 aliphatic heterocycles. The van der Waals surface area contributed by atoms with Crippen molar-refractivity contribution in [1.82, 2.24) is 15.3 Å². The van der Waals surface area contributed by atoms with Crippen molar-refractivity contribution in [2.75, 3.05) is 0 Å². The molecule has 6 nitrogen and oxygen atoms in total. The number of H-pyrrole nitrogens is 1. The first-order valence-electron chi connectivity index (χ1n) is 6.58. The van der Waals surface area contributed by atoms with Crippen LogP contribution in [-0.2, 0) is 4.79 Å². The molecule has 0 aliphatic rings. The summed E-state index contributed by atoms with van der Waals surface area (Å²) >= 11 is 0. The highest BCUT2D eigenvalue weighted by Crippen LogP contribution is 2.12. The molecular weight excluding hydrogens is 258 g/mol. The fourth-order valence-electron chi connectivity index (χ4n) is 1.98. The number of unbranched alkanes of at least 4 members (excludes halogenated alkanes) is 1. The van der Waals surface area contributed by atoms with Gasteiger partial charge in [-0.2, -0.15) is 0 Å². The number of benzene rings is 1. The van der Waals surface area contributed by atoms with Crippen molar-refractivity contribution < 1.29 is 14.7 Å². The second-order valence-corrected chi connectivity index (χ2v) is 4.64. The molecule has 0 unspecified atom stereocenters. The summed E-state index contributed by atoms with van der Waals surface area (Å²) in [7, 11) is 0. The van der Waals surface area contributed by atoms with Crippen molar-refractivity contribution in [2.45, 2.75) is 32.2 Å². The minimum atomic E-state index is -1.01. The first-order valence-corrected chi connectivity index (χ1v) is 6.58. The maximum atomic E-state index is 12.1. The number of imidazole rings is 1. The van der Waals surface area contributed by atoms with Gasteiger partial charge in [-0.25, -0.2) is 9.78 Å². The molecule has 1 atom stereocenters. The zero-order chi connectivity index (χ0) is 14.5. The number of fused-ring (bicyclic) bond motifs is 1. The van der Waals surface area contributed by atoms with Gasteiger partial charge in [0.2, 0.25) is 0 Å². The van der Waals surface area contributed by atoms with Crippen LogP contribution >= 0.6 is 0 Å². The van der Waals surface area contributed by atoms with Crippen LogP contribution in [0.5, 0.6) is 0 Å². The minimum absolute atomic E-state index is 0.384. The molecule has 106 valence electrons. The summed E-state index contributed by atoms with van der Waals surface area (Å²) in [4.78, 5) is 30.2. The number of aromatic nitrogens is 2. The second kappa shape index (κ2) is 6.18. The molecule has 3 N–H and O–H groups in total. The number of carboxylic acid groups (broad SMARTS) is 1. The van der Waals surface area contributed by atoms with Crippen LogP contribution in [0.4, 0.5) is 0 Å². The van der Waals surface area contributed by atoms with Gasteiger partial charge < -0.3 is 15.4 Å². The van der Waals surface area contributed by atoms with Gasteiger partial charge >= 0.3 is 5.97 Å². The Kier molecular flexibility index (Phi) is 4.34. The SMILES string of the molecule is CCCC[C@H](NC(=O)c1ccc2nc[nH]c2c1)C(=O)O. The molecule has 1 heterocycles. The van der Waals surface area contributed by atoms with Gasteiger partial charge in [0.15, 0.2) is 0 Å². The summed E-state index contributed by atoms with van der Waals surface area (Å²) in [5, 5.41) is 11.7. The first kappa shape index (κ1) is 14.0. The van der Waals surface area contributed by atoms with Gasteiger partial charge in [0, 0.05) is 5.56 Å². The van der Waals surface area contributed by atoms with E-state index >= 15 is 0 Å². The molecule has 2 aromatic rings. The van der Waals surface area contributed by atoms with E-state index in [0.29, 0.717) is 12.0 Å². The molecule has 0 saturated carbocycles. The first-order chi connectivity index (χ1) is 9.61. The summed E-state index contributed by atoms with van der Waals surface area (Å²) in [5.41, 5.74) is 1.94. The molecule has 0 spiro atoms. The zero-order valence-electron chi connectivity index (χ0n) is 11.2. The molecule has 0 aliphatic carbocycles. The Morgan fingerprint density at radius 3 is 2.95 bits per heavy atom. The van der Waals surface area contributed by atoms with E-state index in [1.165, 1.54) is 0 Å². The number of carbonyl (C=O) groups is 2. The van der Waals surface area contributed by atoms with Crippen LogP contribution in [-0.4, -0.2) is 33.0 Å². The van der Waals surface area contributed by atoms with Gasteiger partial charge in [0.25, 0.3) is 5.91 Å². The molecule has 0 radical (unpaired) electrons. The minimum Gasteiger partial charge on any atom is -0.480 e. The molecule has 0 fully saturated rings. The molecule has 6 heteroatoms. The number of aromatic amines is 1.